The van der Waals surface area contributed by atoms with Crippen molar-refractivity contribution in [2.75, 3.05) is 19.8 Å². The van der Waals surface area contributed by atoms with Crippen LogP contribution in [0, 0.1) is 0 Å². The van der Waals surface area contributed by atoms with Gasteiger partial charge in [0.05, 0.1) is 13.2 Å². The highest BCUT2D eigenvalue weighted by atomic mass is 16.5. The summed E-state index contributed by atoms with van der Waals surface area (Å²) >= 11 is 0. The van der Waals surface area contributed by atoms with Gasteiger partial charge in [-0.1, -0.05) is 0 Å². The van der Waals surface area contributed by atoms with E-state index in [4.69, 9.17) is 14.3 Å². The molecule has 1 heterocycles. The molecule has 0 unspecified atom stereocenters. The molecule has 0 spiro atoms. The molecule has 0 fully saturated rings. The number of hydrogen-bond acceptors (Lipinski definition) is 7. The molecule has 0 aliphatic carbocycles. The van der Waals surface area contributed by atoms with Gasteiger partial charge in [0.2, 0.25) is 0 Å². The van der Waals surface area contributed by atoms with Crippen LogP contribution < -0.4 is 10.4 Å². The number of Topliss-reactive ketones (excluding diaryl/α,β-unsaturated/α-hetero) is 1. The molecule has 116 valence electrons. The van der Waals surface area contributed by atoms with Crippen LogP contribution in [-0.4, -0.2) is 36.7 Å². The first kappa shape index (κ1) is 15.7. The fraction of sp³-hybridized carbons (Fsp3) is 0.267. The predicted octanol–water partition coefficient (Wildman–Crippen LogP) is 0.910. The highest BCUT2D eigenvalue weighted by molar-refractivity contribution is 6.40. The van der Waals surface area contributed by atoms with Crippen LogP contribution in [-0.2, 0) is 9.53 Å². The van der Waals surface area contributed by atoms with E-state index in [-0.39, 0.29) is 12.2 Å². The zero-order valence-electron chi connectivity index (χ0n) is 11.8. The Hall–Kier alpha value is -2.67. The van der Waals surface area contributed by atoms with Gasteiger partial charge in [0.1, 0.15) is 23.5 Å². The van der Waals surface area contributed by atoms with Gasteiger partial charge in [0.25, 0.3) is 5.78 Å². The summed E-state index contributed by atoms with van der Waals surface area (Å²) < 4.78 is 14.8. The lowest BCUT2D eigenvalue weighted by Crippen LogP contribution is -2.24. The van der Waals surface area contributed by atoms with Crippen LogP contribution in [0.15, 0.2) is 33.5 Å². The van der Waals surface area contributed by atoms with E-state index >= 15 is 0 Å². The molecule has 7 heteroatoms. The molecule has 2 rings (SSSR count). The molecule has 0 saturated heterocycles. The molecule has 0 saturated carbocycles. The molecular weight excluding hydrogens is 292 g/mol. The van der Waals surface area contributed by atoms with Crippen LogP contribution in [0.2, 0.25) is 0 Å². The van der Waals surface area contributed by atoms with Gasteiger partial charge in [-0.15, -0.1) is 0 Å². The Morgan fingerprint density at radius 1 is 1.27 bits per heavy atom. The van der Waals surface area contributed by atoms with Crippen LogP contribution in [0.5, 0.6) is 5.75 Å². The lowest BCUT2D eigenvalue weighted by atomic mass is 10.1. The van der Waals surface area contributed by atoms with Crippen molar-refractivity contribution in [1.29, 1.82) is 0 Å². The number of esters is 1. The van der Waals surface area contributed by atoms with Crippen molar-refractivity contribution in [3.05, 3.63) is 40.2 Å². The zero-order chi connectivity index (χ0) is 16.1. The van der Waals surface area contributed by atoms with Gasteiger partial charge < -0.3 is 19.0 Å². The van der Waals surface area contributed by atoms with E-state index < -0.39 is 29.5 Å². The Morgan fingerprint density at radius 2 is 2.05 bits per heavy atom. The molecule has 1 N–H and O–H groups in total. The Morgan fingerprint density at radius 3 is 2.73 bits per heavy atom. The number of rotatable bonds is 6. The van der Waals surface area contributed by atoms with E-state index in [1.807, 2.05) is 6.92 Å². The lowest BCUT2D eigenvalue weighted by molar-refractivity contribution is -0.139. The summed E-state index contributed by atoms with van der Waals surface area (Å²) in [7, 11) is 0. The minimum absolute atomic E-state index is 0.247. The van der Waals surface area contributed by atoms with Crippen LogP contribution in [0.1, 0.15) is 17.3 Å². The number of carbonyl (C=O) groups excluding carboxylic acids is 2. The first-order valence-electron chi connectivity index (χ1n) is 6.59. The molecule has 0 aliphatic rings. The van der Waals surface area contributed by atoms with Crippen molar-refractivity contribution < 1.29 is 28.6 Å². The number of benzene rings is 1. The third kappa shape index (κ3) is 3.32. The number of aliphatic hydroxyl groups is 1. The second-order valence-corrected chi connectivity index (χ2v) is 4.27. The molecule has 22 heavy (non-hydrogen) atoms. The van der Waals surface area contributed by atoms with Crippen molar-refractivity contribution in [2.45, 2.75) is 6.92 Å². The largest absolute Gasteiger partial charge is 0.494 e. The van der Waals surface area contributed by atoms with Crippen molar-refractivity contribution in [1.82, 2.24) is 0 Å². The first-order valence-corrected chi connectivity index (χ1v) is 6.59. The molecule has 7 nitrogen and oxygen atoms in total. The average Bonchev–Trinajstić information content (AvgIpc) is 2.51. The number of fused-ring (bicyclic) bond motifs is 1. The van der Waals surface area contributed by atoms with E-state index in [0.717, 1.165) is 0 Å². The highest BCUT2D eigenvalue weighted by Gasteiger charge is 2.22. The van der Waals surface area contributed by atoms with Crippen LogP contribution in [0.4, 0.5) is 0 Å². The Balaban J connectivity index is 2.38. The van der Waals surface area contributed by atoms with E-state index in [1.165, 1.54) is 12.1 Å². The molecule has 0 bridgehead atoms. The SMILES string of the molecule is CCOc1ccc2cc(C(=O)C(=O)OCCO)c(=O)oc2c1. The molecule has 0 atom stereocenters. The molecule has 0 radical (unpaired) electrons. The second kappa shape index (κ2) is 6.86. The van der Waals surface area contributed by atoms with Crippen LogP contribution >= 0.6 is 0 Å². The van der Waals surface area contributed by atoms with Crippen molar-refractivity contribution >= 4 is 22.7 Å². The van der Waals surface area contributed by atoms with E-state index in [1.54, 1.807) is 12.1 Å². The quantitative estimate of drug-likeness (QED) is 0.366. The third-order valence-electron chi connectivity index (χ3n) is 2.77. The maximum atomic E-state index is 11.8. The summed E-state index contributed by atoms with van der Waals surface area (Å²) in [5.41, 5.74) is -1.11. The number of aliphatic hydroxyl groups excluding tert-OH is 1. The smallest absolute Gasteiger partial charge is 0.380 e. The summed E-state index contributed by atoms with van der Waals surface area (Å²) in [6.07, 6.45) is 0. The number of ether oxygens (including phenoxy) is 2. The van der Waals surface area contributed by atoms with Crippen molar-refractivity contribution in [3.63, 3.8) is 0 Å². The number of carbonyl (C=O) groups is 2. The Kier molecular flexibility index (Phi) is 4.90. The summed E-state index contributed by atoms with van der Waals surface area (Å²) in [6, 6.07) is 6.06. The fourth-order valence-corrected chi connectivity index (χ4v) is 1.82. The predicted molar refractivity (Wildman–Crippen MR) is 76.0 cm³/mol. The number of ketones is 1. The van der Waals surface area contributed by atoms with Gasteiger partial charge >= 0.3 is 11.6 Å². The second-order valence-electron chi connectivity index (χ2n) is 4.27. The number of hydrogen-bond donors (Lipinski definition) is 1. The first-order chi connectivity index (χ1) is 10.6. The maximum absolute atomic E-state index is 11.8. The molecule has 1 aromatic carbocycles. The summed E-state index contributed by atoms with van der Waals surface area (Å²) in [5, 5.41) is 9.03. The Bertz CT molecular complexity index is 760. The van der Waals surface area contributed by atoms with Gasteiger partial charge in [-0.2, -0.15) is 0 Å². The van der Waals surface area contributed by atoms with Gasteiger partial charge in [-0.05, 0) is 25.1 Å². The highest BCUT2D eigenvalue weighted by Crippen LogP contribution is 2.20. The van der Waals surface area contributed by atoms with E-state index in [0.29, 0.717) is 17.7 Å². The minimum Gasteiger partial charge on any atom is -0.494 e. The Labute approximate surface area is 125 Å². The zero-order valence-corrected chi connectivity index (χ0v) is 11.8. The van der Waals surface area contributed by atoms with E-state index in [9.17, 15) is 14.4 Å². The van der Waals surface area contributed by atoms with E-state index in [2.05, 4.69) is 4.74 Å². The van der Waals surface area contributed by atoms with Gasteiger partial charge in [-0.25, -0.2) is 9.59 Å². The summed E-state index contributed by atoms with van der Waals surface area (Å²) in [6.45, 7) is 1.55. The monoisotopic (exact) mass is 306 g/mol. The van der Waals surface area contributed by atoms with Crippen LogP contribution in [0.25, 0.3) is 11.0 Å². The van der Waals surface area contributed by atoms with Crippen molar-refractivity contribution in [3.8, 4) is 5.75 Å². The van der Waals surface area contributed by atoms with Crippen LogP contribution in [0.3, 0.4) is 0 Å². The molecule has 0 aliphatic heterocycles. The fourth-order valence-electron chi connectivity index (χ4n) is 1.82. The lowest BCUT2D eigenvalue weighted by Gasteiger charge is -2.05. The van der Waals surface area contributed by atoms with Gasteiger partial charge in [-0.3, -0.25) is 4.79 Å². The maximum Gasteiger partial charge on any atom is 0.380 e. The third-order valence-corrected chi connectivity index (χ3v) is 2.77. The van der Waals surface area contributed by atoms with Gasteiger partial charge in [0, 0.05) is 11.5 Å². The standard InChI is InChI=1S/C15H14O7/c1-2-20-10-4-3-9-7-11(14(18)22-12(9)8-10)13(17)15(19)21-6-5-16/h3-4,7-8,16H,2,5-6H2,1H3. The molecule has 0 amide bonds. The average molecular weight is 306 g/mol. The molecular formula is C15H14O7. The molecule has 2 aromatic rings. The normalized spacial score (nSPS) is 10.5. The summed E-state index contributed by atoms with van der Waals surface area (Å²) in [5.74, 6) is -1.80. The molecule has 1 aromatic heterocycles. The van der Waals surface area contributed by atoms with Crippen molar-refractivity contribution in [2.24, 2.45) is 0 Å². The topological polar surface area (TPSA) is 103 Å². The summed E-state index contributed by atoms with van der Waals surface area (Å²) in [4.78, 5) is 35.1. The minimum atomic E-state index is -1.22. The van der Waals surface area contributed by atoms with Gasteiger partial charge in [0.15, 0.2) is 0 Å².